The smallest absolute Gasteiger partial charge is 0.000985 e. The Hall–Kier alpha value is -0.0400. The van der Waals surface area contributed by atoms with Gasteiger partial charge in [0.05, 0.1) is 0 Å². The molecule has 70 valence electrons. The van der Waals surface area contributed by atoms with Gasteiger partial charge < -0.3 is 4.90 Å². The van der Waals surface area contributed by atoms with Crippen LogP contribution in [0.2, 0.25) is 0 Å². The van der Waals surface area contributed by atoms with Gasteiger partial charge in [0.2, 0.25) is 0 Å². The van der Waals surface area contributed by atoms with Crippen molar-refractivity contribution in [3.05, 3.63) is 0 Å². The average molecular weight is 167 g/mol. The van der Waals surface area contributed by atoms with Gasteiger partial charge >= 0.3 is 0 Å². The molecule has 2 atom stereocenters. The largest absolute Gasteiger partial charge is 0.306 e. The maximum absolute atomic E-state index is 2.53. The van der Waals surface area contributed by atoms with Gasteiger partial charge in [0.25, 0.3) is 0 Å². The van der Waals surface area contributed by atoms with Gasteiger partial charge in [-0.25, -0.2) is 0 Å². The number of nitrogens with zero attached hydrogens (tertiary/aromatic N) is 1. The molecule has 2 fully saturated rings. The summed E-state index contributed by atoms with van der Waals surface area (Å²) in [5.74, 6) is 2.10. The number of likely N-dealkylation sites (tertiary alicyclic amines) is 1. The molecule has 0 bridgehead atoms. The number of fused-ring (bicyclic) bond motifs is 1. The molecule has 0 aromatic carbocycles. The molecule has 1 saturated heterocycles. The van der Waals surface area contributed by atoms with Crippen molar-refractivity contribution in [2.45, 2.75) is 38.5 Å². The summed E-state index contributed by atoms with van der Waals surface area (Å²) in [7, 11) is 2.28. The first-order valence-corrected chi connectivity index (χ1v) is 5.55. The molecule has 0 N–H and O–H groups in total. The maximum atomic E-state index is 2.53. The molecule has 12 heavy (non-hydrogen) atoms. The molecule has 0 amide bonds. The molecular weight excluding hydrogens is 146 g/mol. The van der Waals surface area contributed by atoms with E-state index in [0.717, 1.165) is 11.8 Å². The Labute approximate surface area is 76.1 Å². The van der Waals surface area contributed by atoms with Crippen LogP contribution in [-0.2, 0) is 0 Å². The molecule has 0 radical (unpaired) electrons. The van der Waals surface area contributed by atoms with Gasteiger partial charge in [-0.1, -0.05) is 25.7 Å². The molecule has 1 aliphatic carbocycles. The van der Waals surface area contributed by atoms with Gasteiger partial charge in [-0.15, -0.1) is 0 Å². The van der Waals surface area contributed by atoms with Crippen LogP contribution in [0.3, 0.4) is 0 Å². The van der Waals surface area contributed by atoms with Gasteiger partial charge in [-0.05, 0) is 31.7 Å². The fraction of sp³-hybridized carbons (Fsp3) is 1.00. The summed E-state index contributed by atoms with van der Waals surface area (Å²) in [6, 6.07) is 0. The lowest BCUT2D eigenvalue weighted by atomic mass is 9.84. The molecule has 1 saturated carbocycles. The first-order chi connectivity index (χ1) is 5.86. The normalized spacial score (nSPS) is 38.8. The Kier molecular flexibility index (Phi) is 2.69. The molecule has 0 aromatic heterocycles. The zero-order valence-electron chi connectivity index (χ0n) is 8.26. The van der Waals surface area contributed by atoms with Crippen molar-refractivity contribution in [1.82, 2.24) is 4.90 Å². The first-order valence-electron chi connectivity index (χ1n) is 5.55. The van der Waals surface area contributed by atoms with Crippen molar-refractivity contribution in [2.24, 2.45) is 11.8 Å². The van der Waals surface area contributed by atoms with Crippen LogP contribution in [0.1, 0.15) is 38.5 Å². The van der Waals surface area contributed by atoms with E-state index in [2.05, 4.69) is 11.9 Å². The van der Waals surface area contributed by atoms with Crippen LogP contribution in [0.15, 0.2) is 0 Å². The van der Waals surface area contributed by atoms with Crippen LogP contribution in [0.5, 0.6) is 0 Å². The molecule has 1 aliphatic heterocycles. The second-order valence-corrected chi connectivity index (χ2v) is 4.73. The van der Waals surface area contributed by atoms with Gasteiger partial charge in [-0.3, -0.25) is 0 Å². The van der Waals surface area contributed by atoms with Crippen molar-refractivity contribution in [3.8, 4) is 0 Å². The molecule has 1 heteroatoms. The highest BCUT2D eigenvalue weighted by atomic mass is 15.1. The zero-order chi connectivity index (χ0) is 8.39. The van der Waals surface area contributed by atoms with Crippen LogP contribution < -0.4 is 0 Å². The van der Waals surface area contributed by atoms with Crippen molar-refractivity contribution in [1.29, 1.82) is 0 Å². The Morgan fingerprint density at radius 3 is 1.83 bits per heavy atom. The van der Waals surface area contributed by atoms with E-state index < -0.39 is 0 Å². The standard InChI is InChI=1S/C11H21N/c1-12-8-10-6-4-2-3-5-7-11(10)9-12/h10-11H,2-9H2,1H3. The zero-order valence-corrected chi connectivity index (χ0v) is 8.26. The summed E-state index contributed by atoms with van der Waals surface area (Å²) in [6.45, 7) is 2.76. The predicted molar refractivity (Wildman–Crippen MR) is 52.2 cm³/mol. The van der Waals surface area contributed by atoms with E-state index >= 15 is 0 Å². The second-order valence-electron chi connectivity index (χ2n) is 4.73. The van der Waals surface area contributed by atoms with E-state index in [9.17, 15) is 0 Å². The Balaban J connectivity index is 1.92. The third kappa shape index (κ3) is 1.82. The molecule has 0 aromatic rings. The highest BCUT2D eigenvalue weighted by Gasteiger charge is 2.30. The van der Waals surface area contributed by atoms with E-state index in [1.807, 2.05) is 0 Å². The highest BCUT2D eigenvalue weighted by molar-refractivity contribution is 4.83. The Morgan fingerprint density at radius 1 is 0.833 bits per heavy atom. The fourth-order valence-electron chi connectivity index (χ4n) is 2.99. The number of hydrogen-bond donors (Lipinski definition) is 0. The second kappa shape index (κ2) is 3.78. The van der Waals surface area contributed by atoms with Crippen LogP contribution in [0.4, 0.5) is 0 Å². The van der Waals surface area contributed by atoms with E-state index in [1.54, 1.807) is 0 Å². The number of hydrogen-bond acceptors (Lipinski definition) is 1. The van der Waals surface area contributed by atoms with Crippen LogP contribution in [0.25, 0.3) is 0 Å². The highest BCUT2D eigenvalue weighted by Crippen LogP contribution is 2.33. The predicted octanol–water partition coefficient (Wildman–Crippen LogP) is 2.52. The average Bonchev–Trinajstić information content (AvgIpc) is 2.32. The Bertz CT molecular complexity index is 128. The van der Waals surface area contributed by atoms with Gasteiger partial charge in [-0.2, -0.15) is 0 Å². The van der Waals surface area contributed by atoms with Crippen molar-refractivity contribution >= 4 is 0 Å². The lowest BCUT2D eigenvalue weighted by Gasteiger charge is -2.20. The lowest BCUT2D eigenvalue weighted by Crippen LogP contribution is -2.14. The third-order valence-corrected chi connectivity index (χ3v) is 3.66. The molecule has 1 heterocycles. The molecule has 2 unspecified atom stereocenters. The molecular formula is C11H21N. The summed E-state index contributed by atoms with van der Waals surface area (Å²) in [5.41, 5.74) is 0. The minimum Gasteiger partial charge on any atom is -0.306 e. The fourth-order valence-corrected chi connectivity index (χ4v) is 2.99. The van der Waals surface area contributed by atoms with Crippen LogP contribution >= 0.6 is 0 Å². The van der Waals surface area contributed by atoms with E-state index in [0.29, 0.717) is 0 Å². The Morgan fingerprint density at radius 2 is 1.33 bits per heavy atom. The van der Waals surface area contributed by atoms with Crippen LogP contribution in [0, 0.1) is 11.8 Å². The van der Waals surface area contributed by atoms with Crippen molar-refractivity contribution in [2.75, 3.05) is 20.1 Å². The first kappa shape index (κ1) is 8.55. The summed E-state index contributed by atoms with van der Waals surface area (Å²) >= 11 is 0. The lowest BCUT2D eigenvalue weighted by molar-refractivity contribution is 0.324. The van der Waals surface area contributed by atoms with E-state index in [4.69, 9.17) is 0 Å². The van der Waals surface area contributed by atoms with Gasteiger partial charge in [0.1, 0.15) is 0 Å². The summed E-state index contributed by atoms with van der Waals surface area (Å²) < 4.78 is 0. The minimum atomic E-state index is 1.05. The molecule has 1 nitrogen and oxygen atoms in total. The van der Waals surface area contributed by atoms with Crippen molar-refractivity contribution < 1.29 is 0 Å². The van der Waals surface area contributed by atoms with E-state index in [1.165, 1.54) is 51.6 Å². The molecule has 2 aliphatic rings. The molecule has 2 rings (SSSR count). The van der Waals surface area contributed by atoms with E-state index in [-0.39, 0.29) is 0 Å². The van der Waals surface area contributed by atoms with Gasteiger partial charge in [0, 0.05) is 13.1 Å². The number of rotatable bonds is 0. The third-order valence-electron chi connectivity index (χ3n) is 3.66. The summed E-state index contributed by atoms with van der Waals surface area (Å²) in [5, 5.41) is 0. The van der Waals surface area contributed by atoms with Crippen molar-refractivity contribution in [3.63, 3.8) is 0 Å². The van der Waals surface area contributed by atoms with Crippen LogP contribution in [-0.4, -0.2) is 25.0 Å². The minimum absolute atomic E-state index is 1.05. The monoisotopic (exact) mass is 167 g/mol. The summed E-state index contributed by atoms with van der Waals surface area (Å²) in [4.78, 5) is 2.53. The topological polar surface area (TPSA) is 3.24 Å². The quantitative estimate of drug-likeness (QED) is 0.536. The summed E-state index contributed by atoms with van der Waals surface area (Å²) in [6.07, 6.45) is 8.99. The van der Waals surface area contributed by atoms with Gasteiger partial charge in [0.15, 0.2) is 0 Å². The SMILES string of the molecule is CN1CC2CCCCCCC2C1. The maximum Gasteiger partial charge on any atom is 0.000985 e. The molecule has 0 spiro atoms.